The number of aromatic amines is 1. The van der Waals surface area contributed by atoms with Crippen LogP contribution in [0.25, 0.3) is 0 Å². The molecule has 1 aromatic carbocycles. The third-order valence-electron chi connectivity index (χ3n) is 4.76. The van der Waals surface area contributed by atoms with E-state index in [1.54, 1.807) is 6.07 Å². The number of H-pyrrole nitrogens is 1. The lowest BCUT2D eigenvalue weighted by molar-refractivity contribution is -0.119. The van der Waals surface area contributed by atoms with Crippen LogP contribution in [-0.4, -0.2) is 30.0 Å². The third kappa shape index (κ3) is 3.54. The first-order valence-electron chi connectivity index (χ1n) is 8.64. The number of carbonyl (C=O) groups excluding carboxylic acids is 2. The lowest BCUT2D eigenvalue weighted by Crippen LogP contribution is -2.36. The molecule has 1 aromatic heterocycles. The first-order chi connectivity index (χ1) is 12.4. The number of benzene rings is 1. The van der Waals surface area contributed by atoms with Gasteiger partial charge < -0.3 is 15.0 Å². The minimum atomic E-state index is -0.684. The molecule has 0 saturated carbocycles. The highest BCUT2D eigenvalue weighted by atomic mass is 16.5. The average Bonchev–Trinajstić information content (AvgIpc) is 3.02. The molecule has 1 unspecified atom stereocenters. The molecule has 1 aliphatic heterocycles. The highest BCUT2D eigenvalue weighted by Crippen LogP contribution is 2.31. The van der Waals surface area contributed by atoms with Gasteiger partial charge in [-0.25, -0.2) is 4.79 Å². The number of hydrogen-bond acceptors (Lipinski definition) is 4. The standard InChI is InChI=1S/C20H22N2O4/c1-13(2)16-9-8-15(18(24)22-16)19(25)26-12-20(10-17(23)21-11-20)14-6-4-3-5-7-14/h3-9,13H,10-12H2,1-2H3,(H,21,23)(H,22,24). The molecule has 2 aromatic rings. The molecule has 0 aliphatic carbocycles. The van der Waals surface area contributed by atoms with Gasteiger partial charge in [0, 0.05) is 18.7 Å². The van der Waals surface area contributed by atoms with E-state index < -0.39 is 16.9 Å². The third-order valence-corrected chi connectivity index (χ3v) is 4.76. The summed E-state index contributed by atoms with van der Waals surface area (Å²) in [4.78, 5) is 39.1. The number of nitrogens with one attached hydrogen (secondary N) is 2. The molecule has 6 nitrogen and oxygen atoms in total. The van der Waals surface area contributed by atoms with Gasteiger partial charge in [-0.2, -0.15) is 0 Å². The molecule has 1 atom stereocenters. The van der Waals surface area contributed by atoms with Crippen molar-refractivity contribution in [1.29, 1.82) is 0 Å². The number of hydrogen-bond donors (Lipinski definition) is 2. The van der Waals surface area contributed by atoms with Gasteiger partial charge in [-0.3, -0.25) is 9.59 Å². The zero-order chi connectivity index (χ0) is 18.7. The van der Waals surface area contributed by atoms with Crippen LogP contribution in [0.15, 0.2) is 47.3 Å². The van der Waals surface area contributed by atoms with Crippen LogP contribution < -0.4 is 10.9 Å². The van der Waals surface area contributed by atoms with Crippen LogP contribution in [-0.2, 0) is 14.9 Å². The van der Waals surface area contributed by atoms with Crippen molar-refractivity contribution in [3.63, 3.8) is 0 Å². The van der Waals surface area contributed by atoms with Crippen molar-refractivity contribution >= 4 is 11.9 Å². The zero-order valence-corrected chi connectivity index (χ0v) is 14.9. The van der Waals surface area contributed by atoms with Gasteiger partial charge in [0.25, 0.3) is 5.56 Å². The minimum Gasteiger partial charge on any atom is -0.461 e. The molecule has 1 amide bonds. The molecule has 0 spiro atoms. The van der Waals surface area contributed by atoms with Gasteiger partial charge in [0.05, 0.1) is 5.41 Å². The van der Waals surface area contributed by atoms with E-state index in [1.807, 2.05) is 44.2 Å². The Morgan fingerprint density at radius 3 is 2.46 bits per heavy atom. The van der Waals surface area contributed by atoms with E-state index in [9.17, 15) is 14.4 Å². The van der Waals surface area contributed by atoms with Gasteiger partial charge in [0.15, 0.2) is 0 Å². The highest BCUT2D eigenvalue weighted by Gasteiger charge is 2.41. The van der Waals surface area contributed by atoms with Crippen LogP contribution in [0.3, 0.4) is 0 Å². The summed E-state index contributed by atoms with van der Waals surface area (Å²) in [6, 6.07) is 12.7. The topological polar surface area (TPSA) is 88.3 Å². The van der Waals surface area contributed by atoms with E-state index in [0.717, 1.165) is 11.3 Å². The smallest absolute Gasteiger partial charge is 0.343 e. The van der Waals surface area contributed by atoms with Crippen molar-refractivity contribution in [2.24, 2.45) is 0 Å². The molecule has 2 heterocycles. The van der Waals surface area contributed by atoms with Crippen molar-refractivity contribution in [3.05, 3.63) is 69.6 Å². The second-order valence-corrected chi connectivity index (χ2v) is 6.99. The van der Waals surface area contributed by atoms with Gasteiger partial charge in [0.1, 0.15) is 12.2 Å². The first-order valence-corrected chi connectivity index (χ1v) is 8.64. The lowest BCUT2D eigenvalue weighted by atomic mass is 9.80. The lowest BCUT2D eigenvalue weighted by Gasteiger charge is -2.27. The fraction of sp³-hybridized carbons (Fsp3) is 0.350. The maximum absolute atomic E-state index is 12.4. The Labute approximate surface area is 151 Å². The summed E-state index contributed by atoms with van der Waals surface area (Å²) in [7, 11) is 0. The predicted molar refractivity (Wildman–Crippen MR) is 97.2 cm³/mol. The summed E-state index contributed by atoms with van der Waals surface area (Å²) in [6.45, 7) is 4.33. The number of esters is 1. The Morgan fingerprint density at radius 2 is 1.88 bits per heavy atom. The Kier molecular flexibility index (Phi) is 4.93. The maximum Gasteiger partial charge on any atom is 0.343 e. The van der Waals surface area contributed by atoms with Gasteiger partial charge in [-0.1, -0.05) is 44.2 Å². The van der Waals surface area contributed by atoms with E-state index in [-0.39, 0.29) is 30.4 Å². The fourth-order valence-corrected chi connectivity index (χ4v) is 3.15. The highest BCUT2D eigenvalue weighted by molar-refractivity contribution is 5.89. The normalized spacial score (nSPS) is 19.4. The van der Waals surface area contributed by atoms with Gasteiger partial charge in [-0.05, 0) is 23.6 Å². The van der Waals surface area contributed by atoms with Crippen molar-refractivity contribution < 1.29 is 14.3 Å². The van der Waals surface area contributed by atoms with Crippen molar-refractivity contribution in [3.8, 4) is 0 Å². The molecule has 136 valence electrons. The molecule has 2 N–H and O–H groups in total. The van der Waals surface area contributed by atoms with E-state index in [4.69, 9.17) is 4.74 Å². The summed E-state index contributed by atoms with van der Waals surface area (Å²) in [5, 5.41) is 2.81. The molecule has 1 saturated heterocycles. The molecule has 0 radical (unpaired) electrons. The first kappa shape index (κ1) is 17.9. The molecular weight excluding hydrogens is 332 g/mol. The van der Waals surface area contributed by atoms with E-state index >= 15 is 0 Å². The fourth-order valence-electron chi connectivity index (χ4n) is 3.15. The molecule has 1 aliphatic rings. The van der Waals surface area contributed by atoms with Crippen molar-refractivity contribution in [2.75, 3.05) is 13.2 Å². The van der Waals surface area contributed by atoms with Gasteiger partial charge in [-0.15, -0.1) is 0 Å². The van der Waals surface area contributed by atoms with Crippen LogP contribution in [0.1, 0.15) is 47.8 Å². The maximum atomic E-state index is 12.4. The second-order valence-electron chi connectivity index (χ2n) is 6.99. The Hall–Kier alpha value is -2.89. The molecule has 6 heteroatoms. The Morgan fingerprint density at radius 1 is 1.15 bits per heavy atom. The van der Waals surface area contributed by atoms with Crippen molar-refractivity contribution in [1.82, 2.24) is 10.3 Å². The van der Waals surface area contributed by atoms with Crippen LogP contribution in [0, 0.1) is 0 Å². The van der Waals surface area contributed by atoms with Gasteiger partial charge in [0.2, 0.25) is 5.91 Å². The quantitative estimate of drug-likeness (QED) is 0.805. The number of aromatic nitrogens is 1. The van der Waals surface area contributed by atoms with E-state index in [2.05, 4.69) is 10.3 Å². The summed E-state index contributed by atoms with van der Waals surface area (Å²) >= 11 is 0. The summed E-state index contributed by atoms with van der Waals surface area (Å²) in [6.07, 6.45) is 0.243. The summed E-state index contributed by atoms with van der Waals surface area (Å²) < 4.78 is 5.45. The Bertz CT molecular complexity index is 873. The largest absolute Gasteiger partial charge is 0.461 e. The SMILES string of the molecule is CC(C)c1ccc(C(=O)OCC2(c3ccccc3)CNC(=O)C2)c(=O)[nH]1. The van der Waals surface area contributed by atoms with Crippen LogP contribution in [0.4, 0.5) is 0 Å². The zero-order valence-electron chi connectivity index (χ0n) is 14.9. The van der Waals surface area contributed by atoms with Crippen LogP contribution in [0.2, 0.25) is 0 Å². The number of pyridine rings is 1. The number of ether oxygens (including phenoxy) is 1. The van der Waals surface area contributed by atoms with Crippen LogP contribution in [0.5, 0.6) is 0 Å². The second kappa shape index (κ2) is 7.15. The molecular formula is C20H22N2O4. The van der Waals surface area contributed by atoms with E-state index in [0.29, 0.717) is 6.54 Å². The summed E-state index contributed by atoms with van der Waals surface area (Å²) in [5.41, 5.74) is 0.581. The minimum absolute atomic E-state index is 0.0277. The molecule has 1 fully saturated rings. The number of rotatable bonds is 5. The molecule has 3 rings (SSSR count). The van der Waals surface area contributed by atoms with Crippen LogP contribution >= 0.6 is 0 Å². The molecule has 0 bridgehead atoms. The summed E-state index contributed by atoms with van der Waals surface area (Å²) in [5.74, 6) is -0.607. The average molecular weight is 354 g/mol. The number of carbonyl (C=O) groups is 2. The predicted octanol–water partition coefficient (Wildman–Crippen LogP) is 2.11. The molecule has 26 heavy (non-hydrogen) atoms. The Balaban J connectivity index is 1.79. The van der Waals surface area contributed by atoms with Crippen molar-refractivity contribution in [2.45, 2.75) is 31.6 Å². The van der Waals surface area contributed by atoms with Gasteiger partial charge >= 0.3 is 5.97 Å². The number of amides is 1. The monoisotopic (exact) mass is 354 g/mol. The van der Waals surface area contributed by atoms with E-state index in [1.165, 1.54) is 6.07 Å².